The molecule has 0 aliphatic heterocycles. The summed E-state index contributed by atoms with van der Waals surface area (Å²) in [6.45, 7) is 2.03. The summed E-state index contributed by atoms with van der Waals surface area (Å²) < 4.78 is 7.84. The summed E-state index contributed by atoms with van der Waals surface area (Å²) >= 11 is 1.45. The predicted molar refractivity (Wildman–Crippen MR) is 102 cm³/mol. The Kier molecular flexibility index (Phi) is 4.14. The van der Waals surface area contributed by atoms with E-state index < -0.39 is 0 Å². The third-order valence-corrected chi connectivity index (χ3v) is 4.86. The van der Waals surface area contributed by atoms with E-state index in [0.29, 0.717) is 10.8 Å². The van der Waals surface area contributed by atoms with Gasteiger partial charge >= 0.3 is 0 Å². The van der Waals surface area contributed by atoms with Gasteiger partial charge in [0.1, 0.15) is 5.75 Å². The zero-order valence-electron chi connectivity index (χ0n) is 14.3. The molecule has 0 spiro atoms. The summed E-state index contributed by atoms with van der Waals surface area (Å²) in [5.41, 5.74) is 3.22. The molecule has 6 nitrogen and oxygen atoms in total. The van der Waals surface area contributed by atoms with Crippen molar-refractivity contribution in [1.29, 1.82) is 0 Å². The maximum Gasteiger partial charge on any atom is 0.277 e. The van der Waals surface area contributed by atoms with Gasteiger partial charge in [0.15, 0.2) is 10.8 Å². The minimum atomic E-state index is -0.284. The van der Waals surface area contributed by atoms with Crippen molar-refractivity contribution in [3.05, 3.63) is 66.0 Å². The minimum Gasteiger partial charge on any atom is -0.497 e. The number of fused-ring (bicyclic) bond motifs is 1. The molecule has 130 valence electrons. The maximum absolute atomic E-state index is 12.5. The molecule has 2 heterocycles. The average molecular weight is 364 g/mol. The number of thiazole rings is 1. The van der Waals surface area contributed by atoms with Crippen LogP contribution in [0.5, 0.6) is 5.75 Å². The van der Waals surface area contributed by atoms with Gasteiger partial charge in [-0.2, -0.15) is 5.10 Å². The first kappa shape index (κ1) is 16.3. The number of aromatic nitrogens is 3. The van der Waals surface area contributed by atoms with Crippen LogP contribution in [0, 0.1) is 6.92 Å². The first-order valence-corrected chi connectivity index (χ1v) is 8.83. The van der Waals surface area contributed by atoms with Crippen molar-refractivity contribution in [3.8, 4) is 11.4 Å². The van der Waals surface area contributed by atoms with Crippen LogP contribution in [0.1, 0.15) is 16.1 Å². The van der Waals surface area contributed by atoms with Crippen LogP contribution < -0.4 is 10.1 Å². The number of nitrogens with zero attached hydrogens (tertiary/aromatic N) is 3. The molecule has 0 unspecified atom stereocenters. The number of nitrogens with one attached hydrogen (secondary N) is 1. The summed E-state index contributed by atoms with van der Waals surface area (Å²) in [6, 6.07) is 15.1. The van der Waals surface area contributed by atoms with Gasteiger partial charge in [-0.15, -0.1) is 0 Å². The van der Waals surface area contributed by atoms with Crippen LogP contribution in [0.15, 0.2) is 54.7 Å². The molecule has 0 aliphatic carbocycles. The molecule has 26 heavy (non-hydrogen) atoms. The number of carbonyl (C=O) groups is 1. The van der Waals surface area contributed by atoms with E-state index in [2.05, 4.69) is 21.5 Å². The Bertz CT molecular complexity index is 1080. The van der Waals surface area contributed by atoms with Gasteiger partial charge in [0, 0.05) is 6.20 Å². The Morgan fingerprint density at radius 3 is 2.73 bits per heavy atom. The molecule has 0 bridgehead atoms. The van der Waals surface area contributed by atoms with Gasteiger partial charge in [0.05, 0.1) is 23.0 Å². The second kappa shape index (κ2) is 6.61. The largest absolute Gasteiger partial charge is 0.497 e. The molecule has 0 saturated carbocycles. The quantitative estimate of drug-likeness (QED) is 0.593. The number of hydrogen-bond donors (Lipinski definition) is 1. The number of hydrogen-bond acceptors (Lipinski definition) is 5. The molecule has 2 aromatic heterocycles. The average Bonchev–Trinajstić information content (AvgIpc) is 3.28. The Morgan fingerprint density at radius 2 is 1.96 bits per heavy atom. The zero-order valence-corrected chi connectivity index (χ0v) is 15.1. The lowest BCUT2D eigenvalue weighted by atomic mass is 10.2. The lowest BCUT2D eigenvalue weighted by Crippen LogP contribution is -2.13. The smallest absolute Gasteiger partial charge is 0.277 e. The van der Waals surface area contributed by atoms with Gasteiger partial charge in [-0.1, -0.05) is 17.4 Å². The number of ether oxygens (including phenoxy) is 1. The summed E-state index contributed by atoms with van der Waals surface area (Å²) in [7, 11) is 1.62. The Labute approximate surface area is 154 Å². The van der Waals surface area contributed by atoms with Gasteiger partial charge < -0.3 is 4.74 Å². The molecule has 4 aromatic rings. The SMILES string of the molecule is COc1ccc(-n2ccc(C(=O)Nc3nc4ccc(C)cc4s3)n2)cc1. The maximum atomic E-state index is 12.5. The summed E-state index contributed by atoms with van der Waals surface area (Å²) in [5, 5.41) is 7.73. The van der Waals surface area contributed by atoms with E-state index in [9.17, 15) is 4.79 Å². The molecule has 2 aromatic carbocycles. The van der Waals surface area contributed by atoms with E-state index in [1.54, 1.807) is 24.1 Å². The van der Waals surface area contributed by atoms with Gasteiger partial charge in [-0.05, 0) is 55.0 Å². The fourth-order valence-electron chi connectivity index (χ4n) is 2.57. The molecule has 0 aliphatic rings. The molecular weight excluding hydrogens is 348 g/mol. The number of anilines is 1. The van der Waals surface area contributed by atoms with Crippen LogP contribution >= 0.6 is 11.3 Å². The van der Waals surface area contributed by atoms with Crippen LogP contribution in [0.2, 0.25) is 0 Å². The number of carbonyl (C=O) groups excluding carboxylic acids is 1. The Balaban J connectivity index is 1.53. The lowest BCUT2D eigenvalue weighted by molar-refractivity contribution is 0.102. The fourth-order valence-corrected chi connectivity index (χ4v) is 3.53. The van der Waals surface area contributed by atoms with E-state index in [4.69, 9.17) is 4.74 Å². The Hall–Kier alpha value is -3.19. The Morgan fingerprint density at radius 1 is 1.15 bits per heavy atom. The van der Waals surface area contributed by atoms with Crippen molar-refractivity contribution in [3.63, 3.8) is 0 Å². The normalized spacial score (nSPS) is 10.8. The molecule has 1 N–H and O–H groups in total. The van der Waals surface area contributed by atoms with Crippen molar-refractivity contribution in [2.45, 2.75) is 6.92 Å². The number of aryl methyl sites for hydroxylation is 1. The molecule has 0 fully saturated rings. The van der Waals surface area contributed by atoms with Gasteiger partial charge in [-0.25, -0.2) is 9.67 Å². The number of amides is 1. The summed E-state index contributed by atoms with van der Waals surface area (Å²) in [5.74, 6) is 0.484. The first-order valence-electron chi connectivity index (χ1n) is 8.01. The lowest BCUT2D eigenvalue weighted by Gasteiger charge is -2.03. The standard InChI is InChI=1S/C19H16N4O2S/c1-12-3-8-15-17(11-12)26-19(20-15)21-18(24)16-9-10-23(22-16)13-4-6-14(25-2)7-5-13/h3-11H,1-2H3,(H,20,21,24). The highest BCUT2D eigenvalue weighted by Crippen LogP contribution is 2.27. The third-order valence-electron chi connectivity index (χ3n) is 3.92. The second-order valence-corrected chi connectivity index (χ2v) is 6.82. The zero-order chi connectivity index (χ0) is 18.1. The van der Waals surface area contributed by atoms with E-state index in [1.165, 1.54) is 11.3 Å². The van der Waals surface area contributed by atoms with Gasteiger partial charge in [0.2, 0.25) is 0 Å². The summed E-state index contributed by atoms with van der Waals surface area (Å²) in [4.78, 5) is 16.9. The van der Waals surface area contributed by atoms with E-state index in [1.807, 2.05) is 43.3 Å². The van der Waals surface area contributed by atoms with Crippen LogP contribution in [0.3, 0.4) is 0 Å². The van der Waals surface area contributed by atoms with Crippen molar-refractivity contribution < 1.29 is 9.53 Å². The van der Waals surface area contributed by atoms with E-state index >= 15 is 0 Å². The minimum absolute atomic E-state index is 0.284. The highest BCUT2D eigenvalue weighted by Gasteiger charge is 2.13. The van der Waals surface area contributed by atoms with Crippen molar-refractivity contribution >= 4 is 32.6 Å². The molecule has 7 heteroatoms. The molecule has 1 amide bonds. The van der Waals surface area contributed by atoms with Crippen LogP contribution in [0.25, 0.3) is 15.9 Å². The van der Waals surface area contributed by atoms with E-state index in [0.717, 1.165) is 27.2 Å². The topological polar surface area (TPSA) is 69.0 Å². The monoisotopic (exact) mass is 364 g/mol. The highest BCUT2D eigenvalue weighted by atomic mass is 32.1. The van der Waals surface area contributed by atoms with E-state index in [-0.39, 0.29) is 5.91 Å². The van der Waals surface area contributed by atoms with Crippen molar-refractivity contribution in [1.82, 2.24) is 14.8 Å². The fraction of sp³-hybridized carbons (Fsp3) is 0.105. The predicted octanol–water partition coefficient (Wildman–Crippen LogP) is 4.05. The molecule has 0 radical (unpaired) electrons. The van der Waals surface area contributed by atoms with Crippen LogP contribution in [-0.4, -0.2) is 27.8 Å². The van der Waals surface area contributed by atoms with Crippen LogP contribution in [0.4, 0.5) is 5.13 Å². The van der Waals surface area contributed by atoms with Gasteiger partial charge in [0.25, 0.3) is 5.91 Å². The first-order chi connectivity index (χ1) is 12.6. The number of methoxy groups -OCH3 is 1. The van der Waals surface area contributed by atoms with Crippen molar-refractivity contribution in [2.24, 2.45) is 0 Å². The summed E-state index contributed by atoms with van der Waals surface area (Å²) in [6.07, 6.45) is 1.75. The number of rotatable bonds is 4. The van der Waals surface area contributed by atoms with Gasteiger partial charge in [-0.3, -0.25) is 10.1 Å². The highest BCUT2D eigenvalue weighted by molar-refractivity contribution is 7.22. The van der Waals surface area contributed by atoms with Crippen LogP contribution in [-0.2, 0) is 0 Å². The molecule has 4 rings (SSSR count). The molecule has 0 atom stereocenters. The second-order valence-electron chi connectivity index (χ2n) is 5.79. The van der Waals surface area contributed by atoms with Crippen molar-refractivity contribution in [2.75, 3.05) is 12.4 Å². The molecular formula is C19H16N4O2S. The molecule has 0 saturated heterocycles. The number of benzene rings is 2. The third kappa shape index (κ3) is 3.16.